The van der Waals surface area contributed by atoms with Gasteiger partial charge in [0.1, 0.15) is 11.6 Å². The number of aromatic nitrogens is 2. The number of nitrogens with one attached hydrogen (secondary N) is 2. The van der Waals surface area contributed by atoms with Crippen LogP contribution in [0.15, 0.2) is 71.5 Å². The van der Waals surface area contributed by atoms with Gasteiger partial charge in [-0.3, -0.25) is 14.3 Å². The molecule has 3 N–H and O–H groups in total. The molecule has 0 spiro atoms. The Hall–Kier alpha value is -4.57. The molecule has 1 unspecified atom stereocenters. The molecular formula is C29H30ClN5O5. The maximum Gasteiger partial charge on any atom is 0.408 e. The minimum absolute atomic E-state index is 0.199. The number of rotatable bonds is 6. The van der Waals surface area contributed by atoms with E-state index in [1.165, 1.54) is 16.6 Å². The maximum absolute atomic E-state index is 13.9. The summed E-state index contributed by atoms with van der Waals surface area (Å²) in [5.74, 6) is 0.699. The van der Waals surface area contributed by atoms with Crippen molar-refractivity contribution in [3.63, 3.8) is 0 Å². The summed E-state index contributed by atoms with van der Waals surface area (Å²) < 4.78 is 6.62. The summed E-state index contributed by atoms with van der Waals surface area (Å²) in [6, 6.07) is 17.2. The number of benzene rings is 3. The Bertz CT molecular complexity index is 1650. The van der Waals surface area contributed by atoms with Crippen LogP contribution in [0.5, 0.6) is 5.75 Å². The van der Waals surface area contributed by atoms with Gasteiger partial charge < -0.3 is 20.5 Å². The van der Waals surface area contributed by atoms with E-state index < -0.39 is 29.3 Å². The Balaban J connectivity index is 1.82. The molecule has 1 atom stereocenters. The molecule has 0 saturated heterocycles. The molecule has 1 aromatic heterocycles. The SMILES string of the molecule is COc1ccccc1NC(=O)Nc1cccc(-n2c(C(C)N(C(=O)O)C(C)(C)C)nc3cccc(Cl)c3c2=O)c1. The summed E-state index contributed by atoms with van der Waals surface area (Å²) in [5.41, 5.74) is 0.330. The number of anilines is 2. The van der Waals surface area contributed by atoms with Crippen LogP contribution in [0, 0.1) is 0 Å². The zero-order valence-corrected chi connectivity index (χ0v) is 23.5. The first kappa shape index (κ1) is 28.4. The highest BCUT2D eigenvalue weighted by Gasteiger charge is 2.34. The molecule has 0 aliphatic heterocycles. The fraction of sp³-hybridized carbons (Fsp3) is 0.241. The van der Waals surface area contributed by atoms with Crippen molar-refractivity contribution in [1.82, 2.24) is 14.5 Å². The van der Waals surface area contributed by atoms with E-state index in [1.807, 2.05) is 0 Å². The second-order valence-corrected chi connectivity index (χ2v) is 10.5. The van der Waals surface area contributed by atoms with Gasteiger partial charge in [-0.05, 0) is 70.2 Å². The third kappa shape index (κ3) is 5.72. The van der Waals surface area contributed by atoms with E-state index in [1.54, 1.807) is 94.4 Å². The number of urea groups is 1. The number of methoxy groups -OCH3 is 1. The van der Waals surface area contributed by atoms with Gasteiger partial charge in [-0.2, -0.15) is 0 Å². The van der Waals surface area contributed by atoms with Crippen molar-refractivity contribution >= 4 is 46.0 Å². The minimum atomic E-state index is -1.16. The van der Waals surface area contributed by atoms with E-state index >= 15 is 0 Å². The summed E-state index contributed by atoms with van der Waals surface area (Å²) in [7, 11) is 1.51. The number of ether oxygens (including phenoxy) is 1. The standard InChI is InChI=1S/C29H30ClN5O5/c1-17(35(28(38)39)29(2,3)4)25-32-22-14-9-12-20(30)24(22)26(36)34(25)19-11-8-10-18(16-19)31-27(37)33-21-13-6-7-15-23(21)40-5/h6-17H,1-5H3,(H,38,39)(H2,31,33,37). The van der Waals surface area contributed by atoms with E-state index in [9.17, 15) is 19.5 Å². The van der Waals surface area contributed by atoms with Gasteiger partial charge in [0.25, 0.3) is 5.56 Å². The molecule has 4 rings (SSSR count). The fourth-order valence-corrected chi connectivity index (χ4v) is 4.89. The zero-order valence-electron chi connectivity index (χ0n) is 22.7. The molecule has 0 saturated carbocycles. The molecule has 3 amide bonds. The molecule has 4 aromatic rings. The molecule has 0 aliphatic rings. The largest absolute Gasteiger partial charge is 0.495 e. The first-order valence-electron chi connectivity index (χ1n) is 12.5. The smallest absolute Gasteiger partial charge is 0.408 e. The number of nitrogens with zero attached hydrogens (tertiary/aromatic N) is 3. The highest BCUT2D eigenvalue weighted by atomic mass is 35.5. The number of fused-ring (bicyclic) bond motifs is 1. The molecule has 10 nitrogen and oxygen atoms in total. The van der Waals surface area contributed by atoms with Crippen LogP contribution < -0.4 is 20.9 Å². The van der Waals surface area contributed by atoms with Crippen molar-refractivity contribution in [3.8, 4) is 11.4 Å². The van der Waals surface area contributed by atoms with Crippen molar-refractivity contribution in [1.29, 1.82) is 0 Å². The van der Waals surface area contributed by atoms with Gasteiger partial charge in [-0.15, -0.1) is 0 Å². The molecular weight excluding hydrogens is 534 g/mol. The van der Waals surface area contributed by atoms with Crippen molar-refractivity contribution < 1.29 is 19.4 Å². The van der Waals surface area contributed by atoms with Crippen LogP contribution in [-0.2, 0) is 0 Å². The number of para-hydroxylation sites is 2. The van der Waals surface area contributed by atoms with Crippen LogP contribution in [0.2, 0.25) is 5.02 Å². The lowest BCUT2D eigenvalue weighted by Gasteiger charge is -2.38. The van der Waals surface area contributed by atoms with Crippen molar-refractivity contribution in [2.45, 2.75) is 39.3 Å². The summed E-state index contributed by atoms with van der Waals surface area (Å²) in [6.07, 6.45) is -1.16. The van der Waals surface area contributed by atoms with Gasteiger partial charge in [0.05, 0.1) is 40.5 Å². The Labute approximate surface area is 236 Å². The quantitative estimate of drug-likeness (QED) is 0.245. The van der Waals surface area contributed by atoms with Gasteiger partial charge in [0.2, 0.25) is 0 Å². The van der Waals surface area contributed by atoms with E-state index in [0.29, 0.717) is 28.3 Å². The first-order chi connectivity index (χ1) is 18.9. The molecule has 0 bridgehead atoms. The summed E-state index contributed by atoms with van der Waals surface area (Å²) in [6.45, 7) is 6.98. The lowest BCUT2D eigenvalue weighted by Crippen LogP contribution is -2.47. The van der Waals surface area contributed by atoms with Gasteiger partial charge >= 0.3 is 12.1 Å². The lowest BCUT2D eigenvalue weighted by molar-refractivity contribution is 0.0719. The predicted molar refractivity (Wildman–Crippen MR) is 156 cm³/mol. The number of carbonyl (C=O) groups excluding carboxylic acids is 1. The van der Waals surface area contributed by atoms with Gasteiger partial charge in [-0.25, -0.2) is 14.6 Å². The van der Waals surface area contributed by atoms with E-state index in [4.69, 9.17) is 21.3 Å². The number of hydrogen-bond donors (Lipinski definition) is 3. The third-order valence-electron chi connectivity index (χ3n) is 6.28. The van der Waals surface area contributed by atoms with Gasteiger partial charge in [0, 0.05) is 11.2 Å². The van der Waals surface area contributed by atoms with E-state index in [0.717, 1.165) is 0 Å². The Morgan fingerprint density at radius 1 is 1.05 bits per heavy atom. The molecule has 1 heterocycles. The van der Waals surface area contributed by atoms with Crippen LogP contribution in [0.4, 0.5) is 21.0 Å². The minimum Gasteiger partial charge on any atom is -0.495 e. The number of hydrogen-bond acceptors (Lipinski definition) is 5. The second kappa shape index (κ2) is 11.3. The van der Waals surface area contributed by atoms with Crippen LogP contribution in [0.25, 0.3) is 16.6 Å². The van der Waals surface area contributed by atoms with Gasteiger partial charge in [0.15, 0.2) is 0 Å². The van der Waals surface area contributed by atoms with Crippen LogP contribution >= 0.6 is 11.6 Å². The van der Waals surface area contributed by atoms with Crippen LogP contribution in [0.3, 0.4) is 0 Å². The van der Waals surface area contributed by atoms with Crippen molar-refractivity contribution in [2.75, 3.05) is 17.7 Å². The molecule has 40 heavy (non-hydrogen) atoms. The molecule has 208 valence electrons. The van der Waals surface area contributed by atoms with Crippen molar-refractivity contribution in [2.24, 2.45) is 0 Å². The third-order valence-corrected chi connectivity index (χ3v) is 6.59. The highest BCUT2D eigenvalue weighted by molar-refractivity contribution is 6.35. The average molecular weight is 564 g/mol. The molecule has 3 aromatic carbocycles. The normalized spacial score (nSPS) is 12.1. The predicted octanol–water partition coefficient (Wildman–Crippen LogP) is 6.53. The molecule has 0 radical (unpaired) electrons. The molecule has 0 aliphatic carbocycles. The molecule has 0 fully saturated rings. The number of carbonyl (C=O) groups is 2. The monoisotopic (exact) mass is 563 g/mol. The first-order valence-corrected chi connectivity index (χ1v) is 12.8. The van der Waals surface area contributed by atoms with Crippen LogP contribution in [0.1, 0.15) is 39.6 Å². The topological polar surface area (TPSA) is 126 Å². The second-order valence-electron chi connectivity index (χ2n) is 10.1. The van der Waals surface area contributed by atoms with Crippen molar-refractivity contribution in [3.05, 3.63) is 87.9 Å². The maximum atomic E-state index is 13.9. The number of halogens is 1. The average Bonchev–Trinajstić information content (AvgIpc) is 2.87. The number of carboxylic acid groups (broad SMARTS) is 1. The summed E-state index contributed by atoms with van der Waals surface area (Å²) in [4.78, 5) is 45.0. The Kier molecular flexibility index (Phi) is 8.01. The van der Waals surface area contributed by atoms with E-state index in [2.05, 4.69) is 10.6 Å². The van der Waals surface area contributed by atoms with Gasteiger partial charge in [-0.1, -0.05) is 35.9 Å². The summed E-state index contributed by atoms with van der Waals surface area (Å²) >= 11 is 6.41. The number of amides is 3. The van der Waals surface area contributed by atoms with Crippen LogP contribution in [-0.4, -0.2) is 44.3 Å². The zero-order chi connectivity index (χ0) is 29.2. The molecule has 11 heteroatoms. The highest BCUT2D eigenvalue weighted by Crippen LogP contribution is 2.30. The Morgan fingerprint density at radius 2 is 1.75 bits per heavy atom. The lowest BCUT2D eigenvalue weighted by atomic mass is 10.0. The van der Waals surface area contributed by atoms with E-state index in [-0.39, 0.29) is 16.2 Å². The Morgan fingerprint density at radius 3 is 2.42 bits per heavy atom. The summed E-state index contributed by atoms with van der Waals surface area (Å²) in [5, 5.41) is 16.0. The fourth-order valence-electron chi connectivity index (χ4n) is 4.64.